The lowest BCUT2D eigenvalue weighted by Crippen LogP contribution is -2.43. The molecule has 1 heterocycles. The standard InChI is InChI=1S/C14H23N3O2/c1-11-8-15-17(9-11)7-6-14(19)16-13-5-3-2-4-12(13)10-18/h8-9,12-13,18H,2-7,10H2,1H3,(H,16,19). The highest BCUT2D eigenvalue weighted by molar-refractivity contribution is 5.76. The van der Waals surface area contributed by atoms with Gasteiger partial charge >= 0.3 is 0 Å². The van der Waals surface area contributed by atoms with Crippen molar-refractivity contribution in [3.63, 3.8) is 0 Å². The summed E-state index contributed by atoms with van der Waals surface area (Å²) in [6.07, 6.45) is 8.46. The number of hydrogen-bond acceptors (Lipinski definition) is 3. The third kappa shape index (κ3) is 4.06. The van der Waals surface area contributed by atoms with Gasteiger partial charge in [-0.2, -0.15) is 5.10 Å². The molecule has 2 unspecified atom stereocenters. The predicted molar refractivity (Wildman–Crippen MR) is 72.6 cm³/mol. The number of aryl methyl sites for hydroxylation is 2. The van der Waals surface area contributed by atoms with E-state index in [0.29, 0.717) is 13.0 Å². The Morgan fingerprint density at radius 1 is 1.53 bits per heavy atom. The molecule has 1 aliphatic rings. The largest absolute Gasteiger partial charge is 0.396 e. The van der Waals surface area contributed by atoms with Gasteiger partial charge in [-0.15, -0.1) is 0 Å². The number of aliphatic hydroxyl groups is 1. The third-order valence-electron chi connectivity index (χ3n) is 3.82. The molecule has 1 aromatic rings. The summed E-state index contributed by atoms with van der Waals surface area (Å²) in [7, 11) is 0. The van der Waals surface area contributed by atoms with Crippen LogP contribution in [0.4, 0.5) is 0 Å². The van der Waals surface area contributed by atoms with Gasteiger partial charge in [0.05, 0.1) is 6.20 Å². The Hall–Kier alpha value is -1.36. The van der Waals surface area contributed by atoms with Gasteiger partial charge in [0.2, 0.25) is 5.91 Å². The fourth-order valence-corrected chi connectivity index (χ4v) is 2.70. The van der Waals surface area contributed by atoms with E-state index in [0.717, 1.165) is 31.2 Å². The van der Waals surface area contributed by atoms with E-state index >= 15 is 0 Å². The Kier molecular flexibility index (Phi) is 4.96. The molecule has 106 valence electrons. The van der Waals surface area contributed by atoms with E-state index in [4.69, 9.17) is 0 Å². The number of nitrogens with zero attached hydrogens (tertiary/aromatic N) is 2. The summed E-state index contributed by atoms with van der Waals surface area (Å²) < 4.78 is 1.79. The molecule has 1 saturated carbocycles. The van der Waals surface area contributed by atoms with Crippen molar-refractivity contribution in [2.24, 2.45) is 5.92 Å². The monoisotopic (exact) mass is 265 g/mol. The van der Waals surface area contributed by atoms with Crippen molar-refractivity contribution < 1.29 is 9.90 Å². The van der Waals surface area contributed by atoms with Crippen LogP contribution >= 0.6 is 0 Å². The quantitative estimate of drug-likeness (QED) is 0.842. The second-order valence-electron chi connectivity index (χ2n) is 5.43. The summed E-state index contributed by atoms with van der Waals surface area (Å²) in [6, 6.07) is 0.144. The molecule has 1 aromatic heterocycles. The SMILES string of the molecule is Cc1cnn(CCC(=O)NC2CCCCC2CO)c1. The Balaban J connectivity index is 1.77. The zero-order valence-electron chi connectivity index (χ0n) is 11.5. The maximum absolute atomic E-state index is 11.9. The van der Waals surface area contributed by atoms with Gasteiger partial charge in [0.15, 0.2) is 0 Å². The summed E-state index contributed by atoms with van der Waals surface area (Å²) >= 11 is 0. The van der Waals surface area contributed by atoms with Crippen LogP contribution in [0.2, 0.25) is 0 Å². The smallest absolute Gasteiger partial charge is 0.222 e. The Morgan fingerprint density at radius 2 is 2.32 bits per heavy atom. The lowest BCUT2D eigenvalue weighted by atomic mass is 9.85. The van der Waals surface area contributed by atoms with E-state index < -0.39 is 0 Å². The molecule has 2 rings (SSSR count). The van der Waals surface area contributed by atoms with Gasteiger partial charge < -0.3 is 10.4 Å². The molecule has 1 aliphatic carbocycles. The minimum absolute atomic E-state index is 0.0542. The molecule has 2 atom stereocenters. The van der Waals surface area contributed by atoms with Crippen molar-refractivity contribution in [1.82, 2.24) is 15.1 Å². The van der Waals surface area contributed by atoms with Gasteiger partial charge in [-0.25, -0.2) is 0 Å². The first-order chi connectivity index (χ1) is 9.19. The first kappa shape index (κ1) is 14.1. The lowest BCUT2D eigenvalue weighted by molar-refractivity contribution is -0.122. The average Bonchev–Trinajstić information content (AvgIpc) is 2.83. The lowest BCUT2D eigenvalue weighted by Gasteiger charge is -2.30. The highest BCUT2D eigenvalue weighted by Gasteiger charge is 2.25. The second kappa shape index (κ2) is 6.70. The van der Waals surface area contributed by atoms with Gasteiger partial charge in [-0.05, 0) is 25.3 Å². The van der Waals surface area contributed by atoms with E-state index in [1.54, 1.807) is 10.9 Å². The molecular formula is C14H23N3O2. The van der Waals surface area contributed by atoms with E-state index in [-0.39, 0.29) is 24.5 Å². The summed E-state index contributed by atoms with van der Waals surface area (Å²) in [4.78, 5) is 11.9. The zero-order valence-corrected chi connectivity index (χ0v) is 11.5. The Morgan fingerprint density at radius 3 is 3.00 bits per heavy atom. The number of rotatable bonds is 5. The number of carbonyl (C=O) groups is 1. The molecule has 0 saturated heterocycles. The Labute approximate surface area is 114 Å². The fraction of sp³-hybridized carbons (Fsp3) is 0.714. The van der Waals surface area contributed by atoms with Crippen molar-refractivity contribution in [1.29, 1.82) is 0 Å². The normalized spacial score (nSPS) is 23.3. The van der Waals surface area contributed by atoms with E-state index in [1.165, 1.54) is 0 Å². The fourth-order valence-electron chi connectivity index (χ4n) is 2.70. The molecule has 5 heteroatoms. The minimum atomic E-state index is 0.0542. The van der Waals surface area contributed by atoms with Crippen molar-refractivity contribution in [3.8, 4) is 0 Å². The topological polar surface area (TPSA) is 67.2 Å². The summed E-state index contributed by atoms with van der Waals surface area (Å²) in [6.45, 7) is 2.76. The summed E-state index contributed by atoms with van der Waals surface area (Å²) in [5.41, 5.74) is 1.10. The van der Waals surface area contributed by atoms with Crippen LogP contribution in [-0.2, 0) is 11.3 Å². The maximum Gasteiger partial charge on any atom is 0.222 e. The first-order valence-corrected chi connectivity index (χ1v) is 7.08. The number of aromatic nitrogens is 2. The molecule has 0 radical (unpaired) electrons. The van der Waals surface area contributed by atoms with Gasteiger partial charge in [0.25, 0.3) is 0 Å². The van der Waals surface area contributed by atoms with Crippen molar-refractivity contribution in [2.45, 2.75) is 51.6 Å². The molecule has 1 fully saturated rings. The molecule has 0 bridgehead atoms. The Bertz CT molecular complexity index is 417. The molecule has 5 nitrogen and oxygen atoms in total. The third-order valence-corrected chi connectivity index (χ3v) is 3.82. The summed E-state index contributed by atoms with van der Waals surface area (Å²) in [5.74, 6) is 0.281. The zero-order chi connectivity index (χ0) is 13.7. The van der Waals surface area contributed by atoms with Crippen LogP contribution in [0.5, 0.6) is 0 Å². The number of aliphatic hydroxyl groups excluding tert-OH is 1. The second-order valence-corrected chi connectivity index (χ2v) is 5.43. The van der Waals surface area contributed by atoms with Gasteiger partial charge in [-0.1, -0.05) is 12.8 Å². The average molecular weight is 265 g/mol. The van der Waals surface area contributed by atoms with E-state index in [1.807, 2.05) is 13.1 Å². The predicted octanol–water partition coefficient (Wildman–Crippen LogP) is 1.25. The van der Waals surface area contributed by atoms with Gasteiger partial charge in [0.1, 0.15) is 0 Å². The van der Waals surface area contributed by atoms with Crippen LogP contribution in [0, 0.1) is 12.8 Å². The van der Waals surface area contributed by atoms with E-state index in [9.17, 15) is 9.90 Å². The number of hydrogen-bond donors (Lipinski definition) is 2. The molecule has 19 heavy (non-hydrogen) atoms. The molecule has 0 spiro atoms. The molecule has 2 N–H and O–H groups in total. The van der Waals surface area contributed by atoms with Gasteiger partial charge in [0, 0.05) is 37.7 Å². The van der Waals surface area contributed by atoms with Crippen LogP contribution in [0.1, 0.15) is 37.7 Å². The van der Waals surface area contributed by atoms with Crippen molar-refractivity contribution >= 4 is 5.91 Å². The molecule has 0 aromatic carbocycles. The van der Waals surface area contributed by atoms with Crippen LogP contribution < -0.4 is 5.32 Å². The number of nitrogens with one attached hydrogen (secondary N) is 1. The van der Waals surface area contributed by atoms with Crippen LogP contribution in [0.3, 0.4) is 0 Å². The van der Waals surface area contributed by atoms with Crippen LogP contribution in [0.25, 0.3) is 0 Å². The van der Waals surface area contributed by atoms with Crippen LogP contribution in [0.15, 0.2) is 12.4 Å². The molecule has 1 amide bonds. The van der Waals surface area contributed by atoms with Crippen molar-refractivity contribution in [3.05, 3.63) is 18.0 Å². The van der Waals surface area contributed by atoms with E-state index in [2.05, 4.69) is 10.4 Å². The highest BCUT2D eigenvalue weighted by Crippen LogP contribution is 2.23. The molecule has 0 aliphatic heterocycles. The first-order valence-electron chi connectivity index (χ1n) is 7.08. The van der Waals surface area contributed by atoms with Gasteiger partial charge in [-0.3, -0.25) is 9.48 Å². The minimum Gasteiger partial charge on any atom is -0.396 e. The molecular weight excluding hydrogens is 242 g/mol. The maximum atomic E-state index is 11.9. The van der Waals surface area contributed by atoms with Crippen LogP contribution in [-0.4, -0.2) is 33.4 Å². The van der Waals surface area contributed by atoms with Crippen molar-refractivity contribution in [2.75, 3.05) is 6.61 Å². The highest BCUT2D eigenvalue weighted by atomic mass is 16.3. The number of carbonyl (C=O) groups excluding carboxylic acids is 1. The number of amides is 1. The summed E-state index contributed by atoms with van der Waals surface area (Å²) in [5, 5.41) is 16.5.